The predicted octanol–water partition coefficient (Wildman–Crippen LogP) is 2.03. The Morgan fingerprint density at radius 2 is 2.35 bits per heavy atom. The Bertz CT molecular complexity index is 536. The van der Waals surface area contributed by atoms with Crippen LogP contribution >= 0.6 is 0 Å². The number of nitrogens with two attached hydrogens (primary N) is 1. The van der Waals surface area contributed by atoms with Crippen molar-refractivity contribution < 1.29 is 4.92 Å². The van der Waals surface area contributed by atoms with Crippen LogP contribution in [0.5, 0.6) is 0 Å². The van der Waals surface area contributed by atoms with Gasteiger partial charge >= 0.3 is 0 Å². The van der Waals surface area contributed by atoms with Gasteiger partial charge in [0.25, 0.3) is 5.69 Å². The minimum atomic E-state index is -0.474. The zero-order chi connectivity index (χ0) is 14.5. The predicted molar refractivity (Wildman–Crippen MR) is 76.4 cm³/mol. The van der Waals surface area contributed by atoms with E-state index in [0.29, 0.717) is 18.0 Å². The lowest BCUT2D eigenvalue weighted by atomic mass is 9.94. The van der Waals surface area contributed by atoms with Crippen molar-refractivity contribution in [3.63, 3.8) is 0 Å². The SMILES string of the molecule is N#Cc1cc([N+](=O)[O-])ccc1N1CCCC(CCN)C1. The van der Waals surface area contributed by atoms with Gasteiger partial charge in [0.1, 0.15) is 6.07 Å². The smallest absolute Gasteiger partial charge is 0.270 e. The Balaban J connectivity index is 2.23. The Morgan fingerprint density at radius 1 is 1.55 bits per heavy atom. The summed E-state index contributed by atoms with van der Waals surface area (Å²) in [5.41, 5.74) is 6.73. The molecule has 0 radical (unpaired) electrons. The molecule has 0 saturated carbocycles. The first-order valence-electron chi connectivity index (χ1n) is 6.79. The highest BCUT2D eigenvalue weighted by atomic mass is 16.6. The fourth-order valence-electron chi connectivity index (χ4n) is 2.76. The molecule has 1 atom stereocenters. The molecule has 0 bridgehead atoms. The quantitative estimate of drug-likeness (QED) is 0.669. The number of nitro benzene ring substituents is 1. The second kappa shape index (κ2) is 6.35. The van der Waals surface area contributed by atoms with Crippen LogP contribution in [0.25, 0.3) is 0 Å². The minimum absolute atomic E-state index is 0.0409. The standard InChI is InChI=1S/C14H18N4O2/c15-6-5-11-2-1-7-17(10-11)14-4-3-13(18(19)20)8-12(14)9-16/h3-4,8,11H,1-2,5-7,10,15H2. The molecule has 106 valence electrons. The number of rotatable bonds is 4. The summed E-state index contributed by atoms with van der Waals surface area (Å²) in [6, 6.07) is 6.56. The van der Waals surface area contributed by atoms with Gasteiger partial charge in [-0.3, -0.25) is 10.1 Å². The summed E-state index contributed by atoms with van der Waals surface area (Å²) in [7, 11) is 0. The van der Waals surface area contributed by atoms with E-state index in [1.54, 1.807) is 6.07 Å². The zero-order valence-corrected chi connectivity index (χ0v) is 11.3. The van der Waals surface area contributed by atoms with Gasteiger partial charge in [-0.05, 0) is 37.8 Å². The molecular weight excluding hydrogens is 256 g/mol. The highest BCUT2D eigenvalue weighted by Crippen LogP contribution is 2.29. The number of hydrogen-bond acceptors (Lipinski definition) is 5. The second-order valence-corrected chi connectivity index (χ2v) is 5.10. The first-order chi connectivity index (χ1) is 9.65. The fourth-order valence-corrected chi connectivity index (χ4v) is 2.76. The molecular formula is C14H18N4O2. The van der Waals surface area contributed by atoms with Crippen molar-refractivity contribution in [1.82, 2.24) is 0 Å². The summed E-state index contributed by atoms with van der Waals surface area (Å²) in [5, 5.41) is 20.0. The number of anilines is 1. The van der Waals surface area contributed by atoms with Crippen LogP contribution in [0.1, 0.15) is 24.8 Å². The maximum absolute atomic E-state index is 10.8. The molecule has 1 aromatic carbocycles. The molecule has 0 aliphatic carbocycles. The van der Waals surface area contributed by atoms with E-state index in [1.165, 1.54) is 12.1 Å². The van der Waals surface area contributed by atoms with E-state index in [9.17, 15) is 15.4 Å². The molecule has 1 fully saturated rings. The lowest BCUT2D eigenvalue weighted by molar-refractivity contribution is -0.384. The van der Waals surface area contributed by atoms with E-state index in [0.717, 1.165) is 38.0 Å². The van der Waals surface area contributed by atoms with E-state index >= 15 is 0 Å². The molecule has 2 rings (SSSR count). The molecule has 6 heteroatoms. The molecule has 0 spiro atoms. The summed E-state index contributed by atoms with van der Waals surface area (Å²) < 4.78 is 0. The van der Waals surface area contributed by atoms with E-state index < -0.39 is 4.92 Å². The Labute approximate surface area is 117 Å². The van der Waals surface area contributed by atoms with E-state index in [-0.39, 0.29) is 5.69 Å². The average Bonchev–Trinajstić information content (AvgIpc) is 2.47. The molecule has 2 N–H and O–H groups in total. The third-order valence-corrected chi connectivity index (χ3v) is 3.75. The molecule has 0 aromatic heterocycles. The van der Waals surface area contributed by atoms with E-state index in [4.69, 9.17) is 5.73 Å². The maximum Gasteiger partial charge on any atom is 0.270 e. The first kappa shape index (κ1) is 14.3. The largest absolute Gasteiger partial charge is 0.370 e. The summed E-state index contributed by atoms with van der Waals surface area (Å²) in [5.74, 6) is 0.537. The molecule has 1 unspecified atom stereocenters. The Hall–Kier alpha value is -2.13. The number of piperidine rings is 1. The number of non-ortho nitro benzene ring substituents is 1. The number of nitriles is 1. The maximum atomic E-state index is 10.8. The zero-order valence-electron chi connectivity index (χ0n) is 11.3. The van der Waals surface area contributed by atoms with Crippen molar-refractivity contribution in [2.24, 2.45) is 11.7 Å². The van der Waals surface area contributed by atoms with Crippen molar-refractivity contribution in [1.29, 1.82) is 5.26 Å². The lowest BCUT2D eigenvalue weighted by Crippen LogP contribution is -2.36. The molecule has 20 heavy (non-hydrogen) atoms. The van der Waals surface area contributed by atoms with Crippen LogP contribution in [0.4, 0.5) is 11.4 Å². The summed E-state index contributed by atoms with van der Waals surface area (Å²) in [6.07, 6.45) is 3.19. The monoisotopic (exact) mass is 274 g/mol. The second-order valence-electron chi connectivity index (χ2n) is 5.10. The topological polar surface area (TPSA) is 96.2 Å². The fraction of sp³-hybridized carbons (Fsp3) is 0.500. The summed E-state index contributed by atoms with van der Waals surface area (Å²) in [4.78, 5) is 12.4. The molecule has 1 aliphatic heterocycles. The van der Waals surface area contributed by atoms with Crippen LogP contribution in [0, 0.1) is 27.4 Å². The third kappa shape index (κ3) is 3.06. The number of hydrogen-bond donors (Lipinski definition) is 1. The summed E-state index contributed by atoms with van der Waals surface area (Å²) in [6.45, 7) is 2.42. The Morgan fingerprint density at radius 3 is 3.00 bits per heavy atom. The molecule has 0 amide bonds. The van der Waals surface area contributed by atoms with Crippen LogP contribution in [-0.2, 0) is 0 Å². The highest BCUT2D eigenvalue weighted by molar-refractivity contribution is 5.63. The van der Waals surface area contributed by atoms with E-state index in [1.807, 2.05) is 0 Å². The lowest BCUT2D eigenvalue weighted by Gasteiger charge is -2.34. The van der Waals surface area contributed by atoms with Gasteiger partial charge in [-0.15, -0.1) is 0 Å². The first-order valence-corrected chi connectivity index (χ1v) is 6.79. The van der Waals surface area contributed by atoms with Gasteiger partial charge in [-0.25, -0.2) is 0 Å². The van der Waals surface area contributed by atoms with Crippen LogP contribution in [0.15, 0.2) is 18.2 Å². The van der Waals surface area contributed by atoms with Gasteiger partial charge in [0.15, 0.2) is 0 Å². The molecule has 1 aromatic rings. The van der Waals surface area contributed by atoms with Gasteiger partial charge in [0.2, 0.25) is 0 Å². The van der Waals surface area contributed by atoms with Crippen molar-refractivity contribution in [2.45, 2.75) is 19.3 Å². The molecule has 1 saturated heterocycles. The van der Waals surface area contributed by atoms with Crippen LogP contribution in [-0.4, -0.2) is 24.6 Å². The van der Waals surface area contributed by atoms with Gasteiger partial charge in [-0.2, -0.15) is 5.26 Å². The molecule has 1 heterocycles. The van der Waals surface area contributed by atoms with E-state index in [2.05, 4.69) is 11.0 Å². The minimum Gasteiger partial charge on any atom is -0.370 e. The number of nitro groups is 1. The van der Waals surface area contributed by atoms with Gasteiger partial charge in [0.05, 0.1) is 16.2 Å². The van der Waals surface area contributed by atoms with Crippen LogP contribution in [0.3, 0.4) is 0 Å². The van der Waals surface area contributed by atoms with Gasteiger partial charge < -0.3 is 10.6 Å². The van der Waals surface area contributed by atoms with Gasteiger partial charge in [-0.1, -0.05) is 0 Å². The number of benzene rings is 1. The normalized spacial score (nSPS) is 18.6. The average molecular weight is 274 g/mol. The number of nitrogens with zero attached hydrogens (tertiary/aromatic N) is 3. The molecule has 1 aliphatic rings. The van der Waals surface area contributed by atoms with Crippen LogP contribution < -0.4 is 10.6 Å². The highest BCUT2D eigenvalue weighted by Gasteiger charge is 2.22. The van der Waals surface area contributed by atoms with Crippen molar-refractivity contribution >= 4 is 11.4 Å². The summed E-state index contributed by atoms with van der Waals surface area (Å²) >= 11 is 0. The Kier molecular flexibility index (Phi) is 4.53. The van der Waals surface area contributed by atoms with Gasteiger partial charge in [0, 0.05) is 25.2 Å². The van der Waals surface area contributed by atoms with Crippen molar-refractivity contribution in [2.75, 3.05) is 24.5 Å². The van der Waals surface area contributed by atoms with Crippen LogP contribution in [0.2, 0.25) is 0 Å². The van der Waals surface area contributed by atoms with Crippen molar-refractivity contribution in [3.05, 3.63) is 33.9 Å². The third-order valence-electron chi connectivity index (χ3n) is 3.75. The molecule has 6 nitrogen and oxygen atoms in total. The van der Waals surface area contributed by atoms with Crippen molar-refractivity contribution in [3.8, 4) is 6.07 Å².